The molecule has 6 nitrogen and oxygen atoms in total. The Morgan fingerprint density at radius 2 is 1.92 bits per heavy atom. The molecule has 10 heteroatoms. The number of ether oxygens (including phenoxy) is 1. The Hall–Kier alpha value is -1.94. The van der Waals surface area contributed by atoms with Gasteiger partial charge in [-0.3, -0.25) is 0 Å². The van der Waals surface area contributed by atoms with Crippen LogP contribution in [0.15, 0.2) is 18.3 Å². The first-order valence-electron chi connectivity index (χ1n) is 7.82. The van der Waals surface area contributed by atoms with E-state index in [1.807, 2.05) is 4.90 Å². The zero-order valence-electron chi connectivity index (χ0n) is 13.7. The summed E-state index contributed by atoms with van der Waals surface area (Å²) in [6, 6.07) is 2.51. The lowest BCUT2D eigenvalue weighted by molar-refractivity contribution is -0.137. The summed E-state index contributed by atoms with van der Waals surface area (Å²) < 4.78 is 47.2. The molecule has 1 aliphatic heterocycles. The molecule has 136 valence electrons. The van der Waals surface area contributed by atoms with Gasteiger partial charge in [-0.05, 0) is 18.6 Å². The van der Waals surface area contributed by atoms with E-state index in [2.05, 4.69) is 19.2 Å². The van der Waals surface area contributed by atoms with Crippen molar-refractivity contribution in [2.75, 3.05) is 43.1 Å². The molecule has 0 bridgehead atoms. The molecule has 0 radical (unpaired) electrons. The molecule has 1 saturated heterocycles. The fraction of sp³-hybridized carbons (Fsp3) is 0.533. The third kappa shape index (κ3) is 4.37. The minimum atomic E-state index is -4.36. The van der Waals surface area contributed by atoms with Crippen molar-refractivity contribution in [3.05, 3.63) is 29.7 Å². The summed E-state index contributed by atoms with van der Waals surface area (Å²) in [5, 5.41) is 0.842. The molecule has 0 saturated carbocycles. The van der Waals surface area contributed by atoms with E-state index in [9.17, 15) is 13.2 Å². The Kier molecular flexibility index (Phi) is 5.38. The van der Waals surface area contributed by atoms with E-state index in [-0.39, 0.29) is 0 Å². The van der Waals surface area contributed by atoms with E-state index < -0.39 is 11.7 Å². The van der Waals surface area contributed by atoms with Gasteiger partial charge in [-0.15, -0.1) is 0 Å². The molecule has 0 aromatic carbocycles. The largest absolute Gasteiger partial charge is 0.417 e. The Labute approximate surface area is 147 Å². The summed E-state index contributed by atoms with van der Waals surface area (Å²) in [7, 11) is 1.60. The minimum absolute atomic E-state index is 0.381. The van der Waals surface area contributed by atoms with Crippen LogP contribution in [0.25, 0.3) is 0 Å². The second-order valence-electron chi connectivity index (χ2n) is 5.66. The zero-order valence-corrected chi connectivity index (χ0v) is 14.5. The zero-order chi connectivity index (χ0) is 17.9. The molecule has 3 heterocycles. The molecule has 2 aromatic rings. The van der Waals surface area contributed by atoms with Gasteiger partial charge in [-0.1, -0.05) is 0 Å². The number of anilines is 2. The number of halogens is 3. The first-order valence-corrected chi connectivity index (χ1v) is 8.59. The van der Waals surface area contributed by atoms with Gasteiger partial charge in [0.1, 0.15) is 12.4 Å². The summed E-state index contributed by atoms with van der Waals surface area (Å²) in [4.78, 5) is 12.6. The highest BCUT2D eigenvalue weighted by Gasteiger charge is 2.31. The summed E-state index contributed by atoms with van der Waals surface area (Å²) in [5.74, 6) is 1.22. The normalized spacial score (nSPS) is 16.2. The second kappa shape index (κ2) is 7.52. The number of alkyl halides is 3. The van der Waals surface area contributed by atoms with Crippen molar-refractivity contribution < 1.29 is 17.9 Å². The Morgan fingerprint density at radius 3 is 2.60 bits per heavy atom. The van der Waals surface area contributed by atoms with Gasteiger partial charge in [0.15, 0.2) is 5.82 Å². The van der Waals surface area contributed by atoms with Crippen molar-refractivity contribution in [2.24, 2.45) is 0 Å². The van der Waals surface area contributed by atoms with Crippen LogP contribution >= 0.6 is 11.5 Å². The van der Waals surface area contributed by atoms with Crippen molar-refractivity contribution in [1.29, 1.82) is 0 Å². The fourth-order valence-corrected chi connectivity index (χ4v) is 3.36. The van der Waals surface area contributed by atoms with Gasteiger partial charge in [0.05, 0.1) is 5.56 Å². The summed E-state index contributed by atoms with van der Waals surface area (Å²) in [5.41, 5.74) is -0.729. The first-order chi connectivity index (χ1) is 12.0. The number of hydrogen-bond donors (Lipinski definition) is 0. The predicted octanol–water partition coefficient (Wildman–Crippen LogP) is 2.82. The Morgan fingerprint density at radius 1 is 1.16 bits per heavy atom. The molecular formula is C15H18F3N5OS. The molecule has 2 aromatic heterocycles. The third-order valence-corrected chi connectivity index (χ3v) is 4.71. The van der Waals surface area contributed by atoms with Crippen LogP contribution in [0, 0.1) is 0 Å². The van der Waals surface area contributed by atoms with Gasteiger partial charge >= 0.3 is 6.18 Å². The van der Waals surface area contributed by atoms with E-state index >= 15 is 0 Å². The van der Waals surface area contributed by atoms with Gasteiger partial charge in [-0.2, -0.15) is 17.5 Å². The van der Waals surface area contributed by atoms with Crippen molar-refractivity contribution >= 4 is 22.5 Å². The van der Waals surface area contributed by atoms with Crippen molar-refractivity contribution in [2.45, 2.75) is 19.2 Å². The molecule has 0 N–H and O–H groups in total. The van der Waals surface area contributed by atoms with E-state index in [0.29, 0.717) is 31.3 Å². The van der Waals surface area contributed by atoms with Crippen LogP contribution in [0.2, 0.25) is 0 Å². The molecule has 3 rings (SSSR count). The average Bonchev–Trinajstić information content (AvgIpc) is 2.90. The van der Waals surface area contributed by atoms with Crippen LogP contribution in [-0.2, 0) is 17.5 Å². The van der Waals surface area contributed by atoms with Gasteiger partial charge < -0.3 is 14.5 Å². The molecule has 0 spiro atoms. The van der Waals surface area contributed by atoms with Crippen molar-refractivity contribution in [3.63, 3.8) is 0 Å². The number of rotatable bonds is 4. The van der Waals surface area contributed by atoms with Crippen LogP contribution in [0.5, 0.6) is 0 Å². The third-order valence-electron chi connectivity index (χ3n) is 3.90. The highest BCUT2D eigenvalue weighted by Crippen LogP contribution is 2.29. The summed E-state index contributed by atoms with van der Waals surface area (Å²) in [6.45, 7) is 3.31. The van der Waals surface area contributed by atoms with Crippen LogP contribution < -0.4 is 9.80 Å². The number of methoxy groups -OCH3 is 1. The maximum Gasteiger partial charge on any atom is 0.417 e. The van der Waals surface area contributed by atoms with Gasteiger partial charge in [0.2, 0.25) is 5.13 Å². The number of nitrogens with zero attached hydrogens (tertiary/aromatic N) is 5. The van der Waals surface area contributed by atoms with E-state index in [1.54, 1.807) is 7.11 Å². The monoisotopic (exact) mass is 373 g/mol. The van der Waals surface area contributed by atoms with Gasteiger partial charge in [-0.25, -0.2) is 9.97 Å². The lowest BCUT2D eigenvalue weighted by atomic mass is 10.2. The van der Waals surface area contributed by atoms with E-state index in [0.717, 1.165) is 36.9 Å². The van der Waals surface area contributed by atoms with Crippen LogP contribution in [0.1, 0.15) is 17.8 Å². The van der Waals surface area contributed by atoms with E-state index in [4.69, 9.17) is 4.74 Å². The minimum Gasteiger partial charge on any atom is -0.377 e. The number of pyridine rings is 1. The first kappa shape index (κ1) is 17.9. The lowest BCUT2D eigenvalue weighted by Crippen LogP contribution is -2.31. The Balaban J connectivity index is 1.64. The molecule has 0 amide bonds. The molecule has 1 fully saturated rings. The topological polar surface area (TPSA) is 54.4 Å². The quantitative estimate of drug-likeness (QED) is 0.822. The highest BCUT2D eigenvalue weighted by molar-refractivity contribution is 7.09. The number of aromatic nitrogens is 3. The molecule has 0 unspecified atom stereocenters. The highest BCUT2D eigenvalue weighted by atomic mass is 32.1. The molecule has 0 aliphatic carbocycles. The van der Waals surface area contributed by atoms with Crippen LogP contribution in [0.4, 0.5) is 24.1 Å². The maximum absolute atomic E-state index is 12.6. The van der Waals surface area contributed by atoms with Gasteiger partial charge in [0, 0.05) is 51.0 Å². The maximum atomic E-state index is 12.6. The van der Waals surface area contributed by atoms with Crippen LogP contribution in [0.3, 0.4) is 0 Å². The van der Waals surface area contributed by atoms with Gasteiger partial charge in [0.25, 0.3) is 0 Å². The fourth-order valence-electron chi connectivity index (χ4n) is 2.64. The van der Waals surface area contributed by atoms with Crippen molar-refractivity contribution in [3.8, 4) is 0 Å². The van der Waals surface area contributed by atoms with Crippen LogP contribution in [-0.4, -0.2) is 47.6 Å². The summed E-state index contributed by atoms with van der Waals surface area (Å²) in [6.07, 6.45) is -2.61. The molecule has 0 atom stereocenters. The molecular weight excluding hydrogens is 355 g/mol. The second-order valence-corrected chi connectivity index (χ2v) is 6.39. The molecule has 1 aliphatic rings. The standard InChI is InChI=1S/C15H18F3N5OS/c1-24-10-12-20-14(25-21-12)23-6-2-5-22(7-8-23)13-4-3-11(9-19-13)15(16,17)18/h3-4,9H,2,5-8,10H2,1H3. The summed E-state index contributed by atoms with van der Waals surface area (Å²) >= 11 is 1.33. The smallest absolute Gasteiger partial charge is 0.377 e. The SMILES string of the molecule is COCc1nsc(N2CCCN(c3ccc(C(F)(F)F)cn3)CC2)n1. The molecule has 25 heavy (non-hydrogen) atoms. The Bertz CT molecular complexity index is 691. The van der Waals surface area contributed by atoms with Crippen molar-refractivity contribution in [1.82, 2.24) is 14.3 Å². The lowest BCUT2D eigenvalue weighted by Gasteiger charge is -2.22. The number of hydrogen-bond acceptors (Lipinski definition) is 7. The predicted molar refractivity (Wildman–Crippen MR) is 88.9 cm³/mol. The average molecular weight is 373 g/mol. The van der Waals surface area contributed by atoms with E-state index in [1.165, 1.54) is 17.6 Å².